The predicted octanol–water partition coefficient (Wildman–Crippen LogP) is 5.29. The van der Waals surface area contributed by atoms with E-state index in [0.717, 1.165) is 5.56 Å². The molecule has 176 valence electrons. The Balaban J connectivity index is 1.78. The van der Waals surface area contributed by atoms with E-state index < -0.39 is 16.7 Å². The average Bonchev–Trinajstić information content (AvgIpc) is 3.33. The molecule has 0 radical (unpaired) electrons. The first kappa shape index (κ1) is 23.3. The van der Waals surface area contributed by atoms with Crippen molar-refractivity contribution in [3.8, 4) is 0 Å². The molecule has 1 amide bonds. The van der Waals surface area contributed by atoms with Crippen LogP contribution >= 0.6 is 23.2 Å². The van der Waals surface area contributed by atoms with Crippen molar-refractivity contribution in [1.29, 1.82) is 0 Å². The normalized spacial score (nSPS) is 26.0. The fraction of sp³-hybridized carbons (Fsp3) is 0.333. The molecule has 5 rings (SSSR count). The first-order chi connectivity index (χ1) is 16.0. The molecule has 3 aromatic rings. The van der Waals surface area contributed by atoms with Crippen molar-refractivity contribution in [2.45, 2.75) is 50.5 Å². The number of fused-ring (bicyclic) bond motifs is 1. The van der Waals surface area contributed by atoms with Crippen molar-refractivity contribution >= 4 is 29.1 Å². The summed E-state index contributed by atoms with van der Waals surface area (Å²) in [4.78, 5) is 20.2. The molecule has 2 unspecified atom stereocenters. The summed E-state index contributed by atoms with van der Waals surface area (Å²) in [5.74, 6) is -0.253. The van der Waals surface area contributed by atoms with Crippen LogP contribution in [-0.2, 0) is 17.7 Å². The maximum Gasteiger partial charge on any atom is 0.255 e. The Morgan fingerprint density at radius 2 is 1.74 bits per heavy atom. The standard InChI is InChI=1S/C27H26Cl2N2O3/c1-16-13-26(16,34)27(17-4-7-19(28)8-5-17)23-11-6-18(25(2,3)33)12-22(23)24(32)31(27)15-21-10-9-20(29)14-30-21/h4-12,14,16,33-34H,13,15H2,1-3H3/t16?,26?,27-/m1/s1. The SMILES string of the molecule is CC1CC1(O)[C@@]1(c2ccc(Cl)cc2)c2ccc(C(C)(C)O)cc2C(=O)N1Cc1ccc(Cl)cn1. The van der Waals surface area contributed by atoms with Gasteiger partial charge in [0.2, 0.25) is 0 Å². The Kier molecular flexibility index (Phi) is 5.34. The summed E-state index contributed by atoms with van der Waals surface area (Å²) < 4.78 is 0. The largest absolute Gasteiger partial charge is 0.386 e. The van der Waals surface area contributed by atoms with E-state index in [1.807, 2.05) is 31.2 Å². The van der Waals surface area contributed by atoms with Gasteiger partial charge in [0, 0.05) is 16.8 Å². The second-order valence-corrected chi connectivity index (χ2v) is 10.8. The van der Waals surface area contributed by atoms with Gasteiger partial charge in [-0.05, 0) is 73.2 Å². The monoisotopic (exact) mass is 496 g/mol. The Morgan fingerprint density at radius 1 is 1.09 bits per heavy atom. The summed E-state index contributed by atoms with van der Waals surface area (Å²) in [5.41, 5.74) is -0.179. The Hall–Kier alpha value is -2.44. The van der Waals surface area contributed by atoms with Crippen LogP contribution in [-0.4, -0.2) is 31.6 Å². The zero-order valence-corrected chi connectivity index (χ0v) is 20.7. The van der Waals surface area contributed by atoms with Gasteiger partial charge in [-0.15, -0.1) is 0 Å². The van der Waals surface area contributed by atoms with Gasteiger partial charge in [0.15, 0.2) is 0 Å². The lowest BCUT2D eigenvalue weighted by Crippen LogP contribution is -2.55. The van der Waals surface area contributed by atoms with Gasteiger partial charge >= 0.3 is 0 Å². The van der Waals surface area contributed by atoms with Crippen LogP contribution in [0.25, 0.3) is 0 Å². The van der Waals surface area contributed by atoms with Crippen LogP contribution in [0, 0.1) is 5.92 Å². The maximum atomic E-state index is 14.0. The van der Waals surface area contributed by atoms with E-state index in [2.05, 4.69) is 4.98 Å². The van der Waals surface area contributed by atoms with Crippen LogP contribution in [0.2, 0.25) is 10.0 Å². The van der Waals surface area contributed by atoms with Crippen molar-refractivity contribution < 1.29 is 15.0 Å². The molecule has 0 bridgehead atoms. The quantitative estimate of drug-likeness (QED) is 0.503. The zero-order chi connectivity index (χ0) is 24.5. The van der Waals surface area contributed by atoms with Crippen LogP contribution in [0.15, 0.2) is 60.8 Å². The highest BCUT2D eigenvalue weighted by Gasteiger charge is 2.71. The average molecular weight is 497 g/mol. The molecule has 2 N–H and O–H groups in total. The molecule has 3 atom stereocenters. The molecule has 2 heterocycles. The number of amides is 1. The molecule has 7 heteroatoms. The van der Waals surface area contributed by atoms with Crippen LogP contribution in [0.3, 0.4) is 0 Å². The summed E-state index contributed by atoms with van der Waals surface area (Å²) in [6.07, 6.45) is 2.09. The summed E-state index contributed by atoms with van der Waals surface area (Å²) in [6, 6.07) is 16.3. The highest BCUT2D eigenvalue weighted by Crippen LogP contribution is 2.63. The van der Waals surface area contributed by atoms with Gasteiger partial charge < -0.3 is 15.1 Å². The number of nitrogens with zero attached hydrogens (tertiary/aromatic N) is 2. The van der Waals surface area contributed by atoms with Crippen molar-refractivity contribution in [2.75, 3.05) is 0 Å². The smallest absolute Gasteiger partial charge is 0.255 e. The van der Waals surface area contributed by atoms with Crippen LogP contribution in [0.1, 0.15) is 59.9 Å². The number of rotatable bonds is 5. The van der Waals surface area contributed by atoms with Crippen LogP contribution < -0.4 is 0 Å². The molecule has 2 aromatic carbocycles. The highest BCUT2D eigenvalue weighted by molar-refractivity contribution is 6.30. The number of pyridine rings is 1. The minimum absolute atomic E-state index is 0.0310. The topological polar surface area (TPSA) is 73.7 Å². The molecule has 34 heavy (non-hydrogen) atoms. The second-order valence-electron chi connectivity index (χ2n) is 9.93. The summed E-state index contributed by atoms with van der Waals surface area (Å²) >= 11 is 12.2. The molecule has 1 aliphatic heterocycles. The van der Waals surface area contributed by atoms with E-state index in [1.54, 1.807) is 55.3 Å². The molecule has 0 saturated heterocycles. The van der Waals surface area contributed by atoms with E-state index >= 15 is 0 Å². The number of aliphatic hydroxyl groups is 2. The molecular formula is C27H26Cl2N2O3. The van der Waals surface area contributed by atoms with Gasteiger partial charge in [0.25, 0.3) is 5.91 Å². The third-order valence-electron chi connectivity index (χ3n) is 7.27. The third-order valence-corrected chi connectivity index (χ3v) is 7.74. The molecule has 1 aromatic heterocycles. The van der Waals surface area contributed by atoms with Crippen molar-refractivity contribution in [2.24, 2.45) is 5.92 Å². The lowest BCUT2D eigenvalue weighted by Gasteiger charge is -2.44. The first-order valence-corrected chi connectivity index (χ1v) is 12.0. The zero-order valence-electron chi connectivity index (χ0n) is 19.2. The van der Waals surface area contributed by atoms with E-state index in [-0.39, 0.29) is 18.4 Å². The van der Waals surface area contributed by atoms with Crippen LogP contribution in [0.4, 0.5) is 0 Å². The first-order valence-electron chi connectivity index (χ1n) is 11.3. The number of hydrogen-bond donors (Lipinski definition) is 2. The van der Waals surface area contributed by atoms with E-state index in [9.17, 15) is 15.0 Å². The van der Waals surface area contributed by atoms with E-state index in [4.69, 9.17) is 23.2 Å². The van der Waals surface area contributed by atoms with Gasteiger partial charge in [0.05, 0.1) is 28.5 Å². The van der Waals surface area contributed by atoms with Gasteiger partial charge in [0.1, 0.15) is 5.54 Å². The summed E-state index contributed by atoms with van der Waals surface area (Å²) in [7, 11) is 0. The number of benzene rings is 2. The Bertz CT molecular complexity index is 1270. The summed E-state index contributed by atoms with van der Waals surface area (Å²) in [5, 5.41) is 23.7. The second kappa shape index (κ2) is 7.79. The fourth-order valence-corrected chi connectivity index (χ4v) is 5.58. The van der Waals surface area contributed by atoms with E-state index in [1.165, 1.54) is 0 Å². The molecule has 1 saturated carbocycles. The molecule has 5 nitrogen and oxygen atoms in total. The number of carbonyl (C=O) groups excluding carboxylic acids is 1. The van der Waals surface area contributed by atoms with Crippen molar-refractivity contribution in [3.05, 3.63) is 98.8 Å². The van der Waals surface area contributed by atoms with Gasteiger partial charge in [-0.25, -0.2) is 0 Å². The molecule has 1 fully saturated rings. The molecule has 1 aliphatic carbocycles. The lowest BCUT2D eigenvalue weighted by molar-refractivity contribution is -0.0232. The number of carbonyl (C=O) groups is 1. The molecule has 0 spiro atoms. The minimum atomic E-state index is -1.18. The minimum Gasteiger partial charge on any atom is -0.386 e. The third kappa shape index (κ3) is 3.37. The van der Waals surface area contributed by atoms with Gasteiger partial charge in [-0.3, -0.25) is 9.78 Å². The summed E-state index contributed by atoms with van der Waals surface area (Å²) in [6.45, 7) is 5.54. The lowest BCUT2D eigenvalue weighted by atomic mass is 9.74. The highest BCUT2D eigenvalue weighted by atomic mass is 35.5. The van der Waals surface area contributed by atoms with Crippen molar-refractivity contribution in [1.82, 2.24) is 9.88 Å². The van der Waals surface area contributed by atoms with Crippen molar-refractivity contribution in [3.63, 3.8) is 0 Å². The maximum absolute atomic E-state index is 14.0. The van der Waals surface area contributed by atoms with E-state index in [0.29, 0.717) is 38.9 Å². The predicted molar refractivity (Wildman–Crippen MR) is 132 cm³/mol. The molecular weight excluding hydrogens is 471 g/mol. The number of aromatic nitrogens is 1. The fourth-order valence-electron chi connectivity index (χ4n) is 5.34. The molecule has 2 aliphatic rings. The Labute approximate surface area is 209 Å². The number of halogens is 2. The number of hydrogen-bond acceptors (Lipinski definition) is 4. The Morgan fingerprint density at radius 3 is 2.29 bits per heavy atom. The van der Waals surface area contributed by atoms with Gasteiger partial charge in [-0.1, -0.05) is 54.4 Å². The van der Waals surface area contributed by atoms with Gasteiger partial charge in [-0.2, -0.15) is 0 Å². The van der Waals surface area contributed by atoms with Crippen LogP contribution in [0.5, 0.6) is 0 Å².